The van der Waals surface area contributed by atoms with Gasteiger partial charge in [-0.05, 0) is 39.7 Å². The third kappa shape index (κ3) is 5.46. The maximum atomic E-state index is 12.7. The lowest BCUT2D eigenvalue weighted by molar-refractivity contribution is -0.128. The molecule has 0 radical (unpaired) electrons. The van der Waals surface area contributed by atoms with Crippen molar-refractivity contribution < 1.29 is 4.79 Å². The van der Waals surface area contributed by atoms with Crippen LogP contribution in [0, 0.1) is 12.3 Å². The highest BCUT2D eigenvalue weighted by atomic mass is 16.1. The molecule has 2 nitrogen and oxygen atoms in total. The van der Waals surface area contributed by atoms with Crippen molar-refractivity contribution in [1.29, 1.82) is 0 Å². The second kappa shape index (κ2) is 6.09. The number of Topliss-reactive ketones (excluding diaryl/α,β-unsaturated/α-hetero) is 1. The second-order valence-corrected chi connectivity index (χ2v) is 7.75. The Morgan fingerprint density at radius 3 is 1.95 bits per heavy atom. The fourth-order valence-electron chi connectivity index (χ4n) is 2.21. The molecule has 2 heteroatoms. The van der Waals surface area contributed by atoms with Crippen LogP contribution in [0.5, 0.6) is 0 Å². The molecule has 0 amide bonds. The molecular weight excluding hydrogens is 246 g/mol. The van der Waals surface area contributed by atoms with Gasteiger partial charge in [-0.3, -0.25) is 4.79 Å². The lowest BCUT2D eigenvalue weighted by Gasteiger charge is -2.32. The summed E-state index contributed by atoms with van der Waals surface area (Å²) in [5, 5.41) is 3.48. The Balaban J connectivity index is 2.93. The van der Waals surface area contributed by atoms with Crippen molar-refractivity contribution in [2.75, 3.05) is 0 Å². The van der Waals surface area contributed by atoms with Crippen LogP contribution in [0.3, 0.4) is 0 Å². The van der Waals surface area contributed by atoms with Gasteiger partial charge in [-0.15, -0.1) is 0 Å². The van der Waals surface area contributed by atoms with Crippen LogP contribution >= 0.6 is 0 Å². The first kappa shape index (κ1) is 16.9. The summed E-state index contributed by atoms with van der Waals surface area (Å²) in [6, 6.07) is 8.29. The molecule has 0 aliphatic carbocycles. The summed E-state index contributed by atoms with van der Waals surface area (Å²) in [5.41, 5.74) is 2.05. The molecule has 0 fully saturated rings. The minimum atomic E-state index is -0.326. The fourth-order valence-corrected chi connectivity index (χ4v) is 2.21. The second-order valence-electron chi connectivity index (χ2n) is 7.75. The van der Waals surface area contributed by atoms with Crippen molar-refractivity contribution in [3.8, 4) is 0 Å². The molecule has 0 bridgehead atoms. The minimum Gasteiger partial charge on any atom is -0.302 e. The van der Waals surface area contributed by atoms with Crippen LogP contribution in [0.1, 0.15) is 52.7 Å². The Hall–Kier alpha value is -1.15. The maximum Gasteiger partial charge on any atom is 0.155 e. The molecule has 0 heterocycles. The molecule has 0 saturated heterocycles. The van der Waals surface area contributed by atoms with Crippen LogP contribution in [-0.2, 0) is 11.2 Å². The van der Waals surface area contributed by atoms with Crippen molar-refractivity contribution in [3.63, 3.8) is 0 Å². The van der Waals surface area contributed by atoms with Gasteiger partial charge < -0.3 is 5.32 Å². The molecule has 1 unspecified atom stereocenters. The first-order valence-electron chi connectivity index (χ1n) is 7.36. The Kier molecular flexibility index (Phi) is 5.15. The first-order chi connectivity index (χ1) is 8.99. The quantitative estimate of drug-likeness (QED) is 0.902. The van der Waals surface area contributed by atoms with Crippen LogP contribution in [0.2, 0.25) is 0 Å². The largest absolute Gasteiger partial charge is 0.302 e. The van der Waals surface area contributed by atoms with Gasteiger partial charge in [-0.2, -0.15) is 0 Å². The molecule has 1 atom stereocenters. The summed E-state index contributed by atoms with van der Waals surface area (Å²) >= 11 is 0. The number of rotatable bonds is 4. The molecule has 1 aromatic rings. The third-order valence-corrected chi connectivity index (χ3v) is 3.22. The minimum absolute atomic E-state index is 0.0731. The van der Waals surface area contributed by atoms with Crippen LogP contribution in [-0.4, -0.2) is 17.4 Å². The zero-order valence-corrected chi connectivity index (χ0v) is 14.0. The summed E-state index contributed by atoms with van der Waals surface area (Å²) in [6.45, 7) is 14.3. The number of benzene rings is 1. The van der Waals surface area contributed by atoms with Gasteiger partial charge in [-0.1, -0.05) is 50.6 Å². The predicted molar refractivity (Wildman–Crippen MR) is 86.0 cm³/mol. The van der Waals surface area contributed by atoms with Gasteiger partial charge in [0, 0.05) is 11.0 Å². The standard InChI is InChI=1S/C18H29NO/c1-13-8-10-14(11-9-13)12-15(19-18(5,6)7)16(20)17(2,3)4/h8-11,15,19H,12H2,1-7H3. The van der Waals surface area contributed by atoms with E-state index in [0.29, 0.717) is 0 Å². The molecule has 1 aromatic carbocycles. The smallest absolute Gasteiger partial charge is 0.155 e. The lowest BCUT2D eigenvalue weighted by Crippen LogP contribution is -2.51. The van der Waals surface area contributed by atoms with E-state index in [1.54, 1.807) is 0 Å². The maximum absolute atomic E-state index is 12.7. The van der Waals surface area contributed by atoms with E-state index in [9.17, 15) is 4.79 Å². The van der Waals surface area contributed by atoms with Crippen molar-refractivity contribution in [2.24, 2.45) is 5.41 Å². The number of aryl methyl sites for hydroxylation is 1. The third-order valence-electron chi connectivity index (χ3n) is 3.22. The van der Waals surface area contributed by atoms with E-state index in [2.05, 4.69) is 57.3 Å². The predicted octanol–water partition coefficient (Wildman–Crippen LogP) is 3.91. The molecule has 1 rings (SSSR count). The highest BCUT2D eigenvalue weighted by Crippen LogP contribution is 2.20. The molecule has 1 N–H and O–H groups in total. The fraction of sp³-hybridized carbons (Fsp3) is 0.611. The average molecular weight is 275 g/mol. The van der Waals surface area contributed by atoms with Gasteiger partial charge in [0.15, 0.2) is 5.78 Å². The number of hydrogen-bond donors (Lipinski definition) is 1. The Morgan fingerprint density at radius 1 is 1.05 bits per heavy atom. The first-order valence-corrected chi connectivity index (χ1v) is 7.36. The normalized spacial score (nSPS) is 14.2. The highest BCUT2D eigenvalue weighted by Gasteiger charge is 2.31. The Bertz CT molecular complexity index is 446. The lowest BCUT2D eigenvalue weighted by atomic mass is 9.83. The van der Waals surface area contributed by atoms with E-state index in [4.69, 9.17) is 0 Å². The van der Waals surface area contributed by atoms with Gasteiger partial charge in [0.1, 0.15) is 0 Å². The monoisotopic (exact) mass is 275 g/mol. The van der Waals surface area contributed by atoms with E-state index in [1.807, 2.05) is 20.8 Å². The number of hydrogen-bond acceptors (Lipinski definition) is 2. The van der Waals surface area contributed by atoms with E-state index < -0.39 is 0 Å². The molecule has 112 valence electrons. The summed E-state index contributed by atoms with van der Waals surface area (Å²) in [6.07, 6.45) is 0.744. The molecule has 0 aliphatic rings. The molecular formula is C18H29NO. The van der Waals surface area contributed by atoms with Gasteiger partial charge in [0.05, 0.1) is 6.04 Å². The van der Waals surface area contributed by atoms with Crippen LogP contribution < -0.4 is 5.32 Å². The molecule has 20 heavy (non-hydrogen) atoms. The zero-order valence-electron chi connectivity index (χ0n) is 14.0. The summed E-state index contributed by atoms with van der Waals surface area (Å²) in [4.78, 5) is 12.7. The SMILES string of the molecule is Cc1ccc(CC(NC(C)(C)C)C(=O)C(C)(C)C)cc1. The van der Waals surface area contributed by atoms with Crippen LogP contribution in [0.4, 0.5) is 0 Å². The van der Waals surface area contributed by atoms with Crippen molar-refractivity contribution in [3.05, 3.63) is 35.4 Å². The van der Waals surface area contributed by atoms with E-state index >= 15 is 0 Å². The summed E-state index contributed by atoms with van der Waals surface area (Å²) in [7, 11) is 0. The number of carbonyl (C=O) groups is 1. The van der Waals surface area contributed by atoms with Crippen LogP contribution in [0.25, 0.3) is 0 Å². The zero-order chi connectivity index (χ0) is 15.6. The highest BCUT2D eigenvalue weighted by molar-refractivity contribution is 5.89. The summed E-state index contributed by atoms with van der Waals surface area (Å²) in [5.74, 6) is 0.271. The number of ketones is 1. The Morgan fingerprint density at radius 2 is 1.55 bits per heavy atom. The topological polar surface area (TPSA) is 29.1 Å². The molecule has 0 saturated carbocycles. The average Bonchev–Trinajstić information content (AvgIpc) is 2.27. The van der Waals surface area contributed by atoms with Gasteiger partial charge in [0.2, 0.25) is 0 Å². The van der Waals surface area contributed by atoms with Crippen LogP contribution in [0.15, 0.2) is 24.3 Å². The van der Waals surface area contributed by atoms with Crippen molar-refractivity contribution >= 4 is 5.78 Å². The molecule has 0 aromatic heterocycles. The number of carbonyl (C=O) groups excluding carboxylic acids is 1. The van der Waals surface area contributed by atoms with Gasteiger partial charge in [0.25, 0.3) is 0 Å². The van der Waals surface area contributed by atoms with Gasteiger partial charge in [-0.25, -0.2) is 0 Å². The molecule has 0 spiro atoms. The van der Waals surface area contributed by atoms with Crippen molar-refractivity contribution in [2.45, 2.75) is 66.5 Å². The Labute approximate surface area is 124 Å². The van der Waals surface area contributed by atoms with Gasteiger partial charge >= 0.3 is 0 Å². The van der Waals surface area contributed by atoms with Crippen molar-refractivity contribution in [1.82, 2.24) is 5.32 Å². The van der Waals surface area contributed by atoms with E-state index in [1.165, 1.54) is 11.1 Å². The van der Waals surface area contributed by atoms with E-state index in [0.717, 1.165) is 6.42 Å². The number of nitrogens with one attached hydrogen (secondary N) is 1. The molecule has 0 aliphatic heterocycles. The summed E-state index contributed by atoms with van der Waals surface area (Å²) < 4.78 is 0. The van der Waals surface area contributed by atoms with E-state index in [-0.39, 0.29) is 22.8 Å².